The summed E-state index contributed by atoms with van der Waals surface area (Å²) in [5, 5.41) is 21.8. The van der Waals surface area contributed by atoms with Crippen LogP contribution < -0.4 is 5.32 Å². The number of benzene rings is 1. The number of aliphatic carboxylic acids is 1. The first-order valence-electron chi connectivity index (χ1n) is 6.89. The van der Waals surface area contributed by atoms with Crippen molar-refractivity contribution in [3.05, 3.63) is 35.4 Å². The number of carboxylic acids is 1. The number of aromatic hydroxyl groups is 1. The fourth-order valence-electron chi connectivity index (χ4n) is 2.57. The molecule has 1 aliphatic rings. The van der Waals surface area contributed by atoms with Crippen LogP contribution >= 0.6 is 0 Å². The van der Waals surface area contributed by atoms with E-state index < -0.39 is 17.8 Å². The van der Waals surface area contributed by atoms with Gasteiger partial charge in [-0.2, -0.15) is 0 Å². The van der Waals surface area contributed by atoms with E-state index in [-0.39, 0.29) is 11.7 Å². The molecule has 0 unspecified atom stereocenters. The third kappa shape index (κ3) is 3.07. The van der Waals surface area contributed by atoms with Gasteiger partial charge >= 0.3 is 5.97 Å². The standard InChI is InChI=1S/C16H19NO4/c1-9-7-8-13(10(2)14(9)18)17-15(19)11-5-3-4-6-12(11)16(20)21/h3-4,7-8,11-12,18H,5-6H2,1-2H3,(H,17,19)(H,20,21)/t11-,12+/m1/s1. The fourth-order valence-corrected chi connectivity index (χ4v) is 2.57. The summed E-state index contributed by atoms with van der Waals surface area (Å²) in [4.78, 5) is 23.6. The van der Waals surface area contributed by atoms with E-state index in [0.717, 1.165) is 5.56 Å². The minimum absolute atomic E-state index is 0.145. The number of phenols is 1. The third-order valence-electron chi connectivity index (χ3n) is 3.98. The number of rotatable bonds is 3. The zero-order chi connectivity index (χ0) is 15.6. The van der Waals surface area contributed by atoms with Crippen LogP contribution in [0.5, 0.6) is 5.75 Å². The number of hydrogen-bond donors (Lipinski definition) is 3. The van der Waals surface area contributed by atoms with Crippen LogP contribution in [0.4, 0.5) is 5.69 Å². The Bertz CT molecular complexity index is 607. The molecule has 5 heteroatoms. The van der Waals surface area contributed by atoms with E-state index in [4.69, 9.17) is 0 Å². The van der Waals surface area contributed by atoms with Gasteiger partial charge in [-0.15, -0.1) is 0 Å². The third-order valence-corrected chi connectivity index (χ3v) is 3.98. The molecular weight excluding hydrogens is 270 g/mol. The lowest BCUT2D eigenvalue weighted by Crippen LogP contribution is -2.34. The van der Waals surface area contributed by atoms with Crippen LogP contribution in [-0.2, 0) is 9.59 Å². The highest BCUT2D eigenvalue weighted by Crippen LogP contribution is 2.31. The summed E-state index contributed by atoms with van der Waals surface area (Å²) in [6.45, 7) is 3.49. The van der Waals surface area contributed by atoms with Crippen molar-refractivity contribution in [1.82, 2.24) is 0 Å². The molecule has 112 valence electrons. The second-order valence-electron chi connectivity index (χ2n) is 5.39. The van der Waals surface area contributed by atoms with Crippen molar-refractivity contribution in [1.29, 1.82) is 0 Å². The molecule has 0 spiro atoms. The molecule has 1 amide bonds. The van der Waals surface area contributed by atoms with Gasteiger partial charge in [0.15, 0.2) is 0 Å². The topological polar surface area (TPSA) is 86.6 Å². The summed E-state index contributed by atoms with van der Waals surface area (Å²) in [7, 11) is 0. The Labute approximate surface area is 123 Å². The Kier molecular flexibility index (Phi) is 4.31. The van der Waals surface area contributed by atoms with Crippen LogP contribution in [0.3, 0.4) is 0 Å². The molecule has 0 saturated carbocycles. The molecule has 1 aliphatic carbocycles. The van der Waals surface area contributed by atoms with Gasteiger partial charge in [0.05, 0.1) is 11.8 Å². The maximum Gasteiger partial charge on any atom is 0.307 e. The zero-order valence-corrected chi connectivity index (χ0v) is 12.1. The van der Waals surface area contributed by atoms with Crippen LogP contribution in [0.2, 0.25) is 0 Å². The molecular formula is C16H19NO4. The first kappa shape index (κ1) is 15.1. The highest BCUT2D eigenvalue weighted by Gasteiger charge is 2.34. The lowest BCUT2D eigenvalue weighted by atomic mass is 9.82. The summed E-state index contributed by atoms with van der Waals surface area (Å²) >= 11 is 0. The number of carboxylic acid groups (broad SMARTS) is 1. The number of allylic oxidation sites excluding steroid dienone is 2. The minimum atomic E-state index is -0.956. The van der Waals surface area contributed by atoms with Crippen molar-refractivity contribution in [2.75, 3.05) is 5.32 Å². The van der Waals surface area contributed by atoms with Crippen LogP contribution in [0.15, 0.2) is 24.3 Å². The molecule has 0 heterocycles. The monoisotopic (exact) mass is 289 g/mol. The predicted octanol–water partition coefficient (Wildman–Crippen LogP) is 2.61. The van der Waals surface area contributed by atoms with Gasteiger partial charge in [0.1, 0.15) is 5.75 Å². The van der Waals surface area contributed by atoms with Gasteiger partial charge < -0.3 is 15.5 Å². The van der Waals surface area contributed by atoms with E-state index in [1.807, 2.05) is 6.08 Å². The van der Waals surface area contributed by atoms with Crippen molar-refractivity contribution in [3.8, 4) is 5.75 Å². The van der Waals surface area contributed by atoms with Gasteiger partial charge in [-0.1, -0.05) is 18.2 Å². The molecule has 2 rings (SSSR count). The Balaban J connectivity index is 2.20. The number of phenolic OH excluding ortho intramolecular Hbond substituents is 1. The molecule has 0 bridgehead atoms. The van der Waals surface area contributed by atoms with Gasteiger partial charge in [-0.3, -0.25) is 9.59 Å². The predicted molar refractivity (Wildman–Crippen MR) is 79.2 cm³/mol. The Morgan fingerprint density at radius 3 is 2.38 bits per heavy atom. The summed E-state index contributed by atoms with van der Waals surface area (Å²) in [6.07, 6.45) is 4.42. The highest BCUT2D eigenvalue weighted by atomic mass is 16.4. The van der Waals surface area contributed by atoms with Crippen LogP contribution in [0.1, 0.15) is 24.0 Å². The largest absolute Gasteiger partial charge is 0.507 e. The number of anilines is 1. The van der Waals surface area contributed by atoms with Gasteiger partial charge in [0.25, 0.3) is 0 Å². The Morgan fingerprint density at radius 2 is 1.76 bits per heavy atom. The quantitative estimate of drug-likeness (QED) is 0.746. The fraction of sp³-hybridized carbons (Fsp3) is 0.375. The van der Waals surface area contributed by atoms with E-state index >= 15 is 0 Å². The average Bonchev–Trinajstić information content (AvgIpc) is 2.47. The lowest BCUT2D eigenvalue weighted by molar-refractivity contribution is -0.146. The summed E-state index contributed by atoms with van der Waals surface area (Å²) in [5.74, 6) is -2.42. The Hall–Kier alpha value is -2.30. The second-order valence-corrected chi connectivity index (χ2v) is 5.39. The molecule has 0 saturated heterocycles. The maximum absolute atomic E-state index is 12.3. The molecule has 0 aromatic heterocycles. The van der Waals surface area contributed by atoms with E-state index in [9.17, 15) is 19.8 Å². The van der Waals surface area contributed by atoms with E-state index in [0.29, 0.717) is 24.1 Å². The number of nitrogens with one attached hydrogen (secondary N) is 1. The SMILES string of the molecule is Cc1ccc(NC(=O)[C@@H]2CC=CC[C@@H]2C(=O)O)c(C)c1O. The van der Waals surface area contributed by atoms with Crippen molar-refractivity contribution in [3.63, 3.8) is 0 Å². The van der Waals surface area contributed by atoms with Crippen molar-refractivity contribution in [2.45, 2.75) is 26.7 Å². The second kappa shape index (κ2) is 5.99. The molecule has 0 aliphatic heterocycles. The van der Waals surface area contributed by atoms with Crippen molar-refractivity contribution in [2.24, 2.45) is 11.8 Å². The summed E-state index contributed by atoms with van der Waals surface area (Å²) in [6, 6.07) is 3.43. The first-order chi connectivity index (χ1) is 9.91. The summed E-state index contributed by atoms with van der Waals surface area (Å²) in [5.41, 5.74) is 1.83. The van der Waals surface area contributed by atoms with Crippen LogP contribution in [-0.4, -0.2) is 22.1 Å². The number of aryl methyl sites for hydroxylation is 1. The molecule has 3 N–H and O–H groups in total. The number of amides is 1. The minimum Gasteiger partial charge on any atom is -0.507 e. The first-order valence-corrected chi connectivity index (χ1v) is 6.89. The molecule has 1 aromatic rings. The normalized spacial score (nSPS) is 21.0. The average molecular weight is 289 g/mol. The smallest absolute Gasteiger partial charge is 0.307 e. The number of carbonyl (C=O) groups excluding carboxylic acids is 1. The molecule has 5 nitrogen and oxygen atoms in total. The van der Waals surface area contributed by atoms with E-state index in [2.05, 4.69) is 5.32 Å². The molecule has 1 aromatic carbocycles. The van der Waals surface area contributed by atoms with Gasteiger partial charge in [0.2, 0.25) is 5.91 Å². The van der Waals surface area contributed by atoms with Crippen molar-refractivity contribution >= 4 is 17.6 Å². The van der Waals surface area contributed by atoms with Crippen LogP contribution in [0, 0.1) is 25.7 Å². The zero-order valence-electron chi connectivity index (χ0n) is 12.1. The molecule has 0 radical (unpaired) electrons. The molecule has 2 atom stereocenters. The Morgan fingerprint density at radius 1 is 1.14 bits per heavy atom. The summed E-state index contributed by atoms with van der Waals surface area (Å²) < 4.78 is 0. The highest BCUT2D eigenvalue weighted by molar-refractivity contribution is 5.96. The maximum atomic E-state index is 12.3. The van der Waals surface area contributed by atoms with Gasteiger partial charge in [0, 0.05) is 11.3 Å². The van der Waals surface area contributed by atoms with Crippen LogP contribution in [0.25, 0.3) is 0 Å². The molecule has 0 fully saturated rings. The lowest BCUT2D eigenvalue weighted by Gasteiger charge is -2.24. The van der Waals surface area contributed by atoms with Gasteiger partial charge in [-0.25, -0.2) is 0 Å². The van der Waals surface area contributed by atoms with E-state index in [1.54, 1.807) is 32.1 Å². The molecule has 21 heavy (non-hydrogen) atoms. The number of hydrogen-bond acceptors (Lipinski definition) is 3. The van der Waals surface area contributed by atoms with E-state index in [1.165, 1.54) is 0 Å². The van der Waals surface area contributed by atoms with Crippen molar-refractivity contribution < 1.29 is 19.8 Å². The number of carbonyl (C=O) groups is 2. The van der Waals surface area contributed by atoms with Gasteiger partial charge in [-0.05, 0) is 38.3 Å².